The molecule has 3 heterocycles. The molecule has 3 aromatic rings. The van der Waals surface area contributed by atoms with Crippen molar-refractivity contribution < 1.29 is 54.7 Å². The van der Waals surface area contributed by atoms with Gasteiger partial charge in [0.25, 0.3) is 0 Å². The summed E-state index contributed by atoms with van der Waals surface area (Å²) in [5.41, 5.74) is 1.87. The molecule has 42 heavy (non-hydrogen) atoms. The van der Waals surface area contributed by atoms with Crippen molar-refractivity contribution >= 4 is 12.3 Å². The summed E-state index contributed by atoms with van der Waals surface area (Å²) >= 11 is 0. The van der Waals surface area contributed by atoms with Crippen LogP contribution in [0.15, 0.2) is 54.6 Å². The Morgan fingerprint density at radius 2 is 1.40 bits per heavy atom. The Bertz CT molecular complexity index is 1270. The average Bonchev–Trinajstić information content (AvgIpc) is 2.98. The van der Waals surface area contributed by atoms with Crippen LogP contribution in [0.3, 0.4) is 0 Å². The SMILES string of the molecule is O=Cc1cccc(CN2CCOCCOCCN(Cc3cccc(C(=O)O)n3)CCOc3c[c-]ccc3OCC2)n1.[W]. The van der Waals surface area contributed by atoms with Crippen LogP contribution in [-0.2, 0) is 43.6 Å². The molecule has 2 aromatic heterocycles. The Morgan fingerprint density at radius 3 is 2.05 bits per heavy atom. The zero-order valence-corrected chi connectivity index (χ0v) is 26.3. The molecule has 0 saturated carbocycles. The van der Waals surface area contributed by atoms with Gasteiger partial charge < -0.3 is 24.1 Å². The van der Waals surface area contributed by atoms with Crippen LogP contribution >= 0.6 is 0 Å². The number of rotatable bonds is 6. The van der Waals surface area contributed by atoms with Crippen LogP contribution in [0.4, 0.5) is 0 Å². The maximum absolute atomic E-state index is 11.3. The topological polar surface area (TPSA) is 124 Å². The smallest absolute Gasteiger partial charge is 0.354 e. The number of fused-ring (bicyclic) bond motifs is 1. The van der Waals surface area contributed by atoms with Crippen molar-refractivity contribution in [3.05, 3.63) is 83.4 Å². The zero-order valence-electron chi connectivity index (χ0n) is 23.4. The van der Waals surface area contributed by atoms with Gasteiger partial charge in [-0.3, -0.25) is 14.6 Å². The number of carboxylic acid groups (broad SMARTS) is 1. The number of carboxylic acids is 1. The van der Waals surface area contributed by atoms with Crippen molar-refractivity contribution in [3.8, 4) is 11.5 Å². The third kappa shape index (κ3) is 11.2. The van der Waals surface area contributed by atoms with Crippen LogP contribution < -0.4 is 9.47 Å². The number of hydrogen-bond acceptors (Lipinski definition) is 10. The number of aldehydes is 1. The third-order valence-corrected chi connectivity index (χ3v) is 6.34. The van der Waals surface area contributed by atoms with E-state index >= 15 is 0 Å². The van der Waals surface area contributed by atoms with Crippen molar-refractivity contribution in [3.63, 3.8) is 0 Å². The maximum atomic E-state index is 11.3. The molecule has 0 atom stereocenters. The summed E-state index contributed by atoms with van der Waals surface area (Å²) in [6.45, 7) is 6.11. The van der Waals surface area contributed by atoms with Gasteiger partial charge in [-0.2, -0.15) is 12.1 Å². The number of aromatic nitrogens is 2. The fourth-order valence-electron chi connectivity index (χ4n) is 4.25. The quantitative estimate of drug-likeness (QED) is 0.296. The van der Waals surface area contributed by atoms with E-state index in [4.69, 9.17) is 18.9 Å². The summed E-state index contributed by atoms with van der Waals surface area (Å²) in [5.74, 6) is 0.150. The second kappa shape index (κ2) is 18.4. The van der Waals surface area contributed by atoms with Gasteiger partial charge in [0.15, 0.2) is 6.29 Å². The number of hydrogen-bond donors (Lipinski definition) is 1. The van der Waals surface area contributed by atoms with Gasteiger partial charge >= 0.3 is 5.97 Å². The average molecular weight is 747 g/mol. The number of pyridine rings is 2. The van der Waals surface area contributed by atoms with Crippen molar-refractivity contribution in [2.45, 2.75) is 13.1 Å². The van der Waals surface area contributed by atoms with Crippen LogP contribution in [0.2, 0.25) is 0 Å². The number of benzene rings is 1. The molecule has 0 radical (unpaired) electrons. The monoisotopic (exact) mass is 747 g/mol. The van der Waals surface area contributed by atoms with Crippen LogP contribution in [-0.4, -0.2) is 103 Å². The number of ether oxygens (including phenoxy) is 4. The molecule has 224 valence electrons. The number of carbonyl (C=O) groups is 2. The minimum atomic E-state index is -1.06. The Hall–Kier alpha value is -3.21. The van der Waals surface area contributed by atoms with E-state index in [1.165, 1.54) is 6.07 Å². The molecule has 0 fully saturated rings. The fourth-order valence-corrected chi connectivity index (χ4v) is 4.25. The van der Waals surface area contributed by atoms with Gasteiger partial charge in [0.2, 0.25) is 0 Å². The van der Waals surface area contributed by atoms with E-state index in [2.05, 4.69) is 25.8 Å². The third-order valence-electron chi connectivity index (χ3n) is 6.34. The number of nitrogens with zero attached hydrogens (tertiary/aromatic N) is 4. The first kappa shape index (κ1) is 33.3. The molecule has 0 saturated heterocycles. The van der Waals surface area contributed by atoms with E-state index in [0.29, 0.717) is 102 Å². The van der Waals surface area contributed by atoms with E-state index in [9.17, 15) is 14.7 Å². The van der Waals surface area contributed by atoms with E-state index in [1.807, 2.05) is 24.3 Å². The number of carbonyl (C=O) groups excluding carboxylic acids is 1. The van der Waals surface area contributed by atoms with Crippen LogP contribution in [0, 0.1) is 6.07 Å². The molecule has 0 aliphatic carbocycles. The summed E-state index contributed by atoms with van der Waals surface area (Å²) < 4.78 is 23.8. The minimum absolute atomic E-state index is 0. The van der Waals surface area contributed by atoms with Crippen molar-refractivity contribution in [1.82, 2.24) is 19.8 Å². The van der Waals surface area contributed by atoms with Crippen LogP contribution in [0.5, 0.6) is 11.5 Å². The normalized spacial score (nSPS) is 16.4. The van der Waals surface area contributed by atoms with Gasteiger partial charge in [0.1, 0.15) is 11.4 Å². The molecule has 1 aliphatic rings. The van der Waals surface area contributed by atoms with E-state index in [-0.39, 0.29) is 26.8 Å². The maximum Gasteiger partial charge on any atom is 0.354 e. The van der Waals surface area contributed by atoms with E-state index < -0.39 is 5.97 Å². The molecule has 0 bridgehead atoms. The zero-order chi connectivity index (χ0) is 28.7. The van der Waals surface area contributed by atoms with Gasteiger partial charge in [-0.05, 0) is 24.3 Å². The molecular weight excluding hydrogens is 712 g/mol. The summed E-state index contributed by atoms with van der Waals surface area (Å²) in [6.07, 6.45) is 0.746. The Labute approximate surface area is 260 Å². The van der Waals surface area contributed by atoms with Crippen molar-refractivity contribution in [1.29, 1.82) is 0 Å². The Kier molecular flexibility index (Phi) is 14.5. The van der Waals surface area contributed by atoms with Gasteiger partial charge in [-0.25, -0.2) is 14.8 Å². The van der Waals surface area contributed by atoms with Gasteiger partial charge in [0, 0.05) is 66.1 Å². The summed E-state index contributed by atoms with van der Waals surface area (Å²) in [4.78, 5) is 35.4. The van der Waals surface area contributed by atoms with Crippen LogP contribution in [0.1, 0.15) is 32.4 Å². The first-order chi connectivity index (χ1) is 20.1. The van der Waals surface area contributed by atoms with Crippen molar-refractivity contribution in [2.24, 2.45) is 0 Å². The predicted octanol–water partition coefficient (Wildman–Crippen LogP) is 2.59. The van der Waals surface area contributed by atoms with E-state index in [1.54, 1.807) is 24.3 Å². The Morgan fingerprint density at radius 1 is 0.810 bits per heavy atom. The summed E-state index contributed by atoms with van der Waals surface area (Å²) in [7, 11) is 0. The molecule has 4 rings (SSSR count). The van der Waals surface area contributed by atoms with E-state index in [0.717, 1.165) is 12.0 Å². The fraction of sp³-hybridized carbons (Fsp3) is 0.400. The standard InChI is InChI=1S/C30H35N4O7.W/c35-23-26-7-3-5-24(31-26)21-33-11-15-38-19-20-39-16-12-34(22-25-6-4-8-27(32-25)30(36)37)14-18-41-29-10-2-1-9-28(29)40-17-13-33;/h1,3-10,23H,11-22H2,(H,36,37);/q-1;. The van der Waals surface area contributed by atoms with Gasteiger partial charge in [-0.1, -0.05) is 12.1 Å². The second-order valence-electron chi connectivity index (χ2n) is 9.34. The van der Waals surface area contributed by atoms with Gasteiger partial charge in [-0.15, -0.1) is 12.1 Å². The summed E-state index contributed by atoms with van der Waals surface area (Å²) in [5, 5.41) is 9.29. The Balaban J connectivity index is 0.00000484. The molecule has 1 aromatic carbocycles. The molecular formula is C30H35N4O7W-. The first-order valence-corrected chi connectivity index (χ1v) is 13.6. The summed E-state index contributed by atoms with van der Waals surface area (Å²) in [6, 6.07) is 18.8. The molecule has 0 spiro atoms. The van der Waals surface area contributed by atoms with Crippen LogP contribution in [0.25, 0.3) is 0 Å². The second-order valence-corrected chi connectivity index (χ2v) is 9.34. The van der Waals surface area contributed by atoms with Crippen molar-refractivity contribution in [2.75, 3.05) is 65.8 Å². The molecule has 0 unspecified atom stereocenters. The predicted molar refractivity (Wildman–Crippen MR) is 149 cm³/mol. The number of aromatic carboxylic acids is 1. The minimum Gasteiger partial charge on any atom is -0.546 e. The molecule has 0 amide bonds. The first-order valence-electron chi connectivity index (χ1n) is 13.6. The largest absolute Gasteiger partial charge is 0.546 e. The molecule has 12 heteroatoms. The van der Waals surface area contributed by atoms with Gasteiger partial charge in [0.05, 0.1) is 56.8 Å². The molecule has 11 nitrogen and oxygen atoms in total. The molecule has 1 aliphatic heterocycles. The molecule has 1 N–H and O–H groups in total.